The van der Waals surface area contributed by atoms with Crippen LogP contribution in [0.25, 0.3) is 0 Å². The minimum Gasteiger partial charge on any atom is -0.321 e. The van der Waals surface area contributed by atoms with Crippen molar-refractivity contribution in [3.05, 3.63) is 69.8 Å². The van der Waals surface area contributed by atoms with Crippen molar-refractivity contribution < 1.29 is 9.72 Å². The number of carbonyl (C=O) groups excluding carboxylic acids is 1. The molecule has 1 atom stereocenters. The van der Waals surface area contributed by atoms with Crippen molar-refractivity contribution in [3.63, 3.8) is 0 Å². The first-order chi connectivity index (χ1) is 10.9. The Kier molecular flexibility index (Phi) is 4.95. The van der Waals surface area contributed by atoms with E-state index in [4.69, 9.17) is 0 Å². The molecular weight excluding hydrogens is 294 g/mol. The Balaban J connectivity index is 2.16. The number of anilines is 1. The van der Waals surface area contributed by atoms with Gasteiger partial charge in [0.25, 0.3) is 5.69 Å². The van der Waals surface area contributed by atoms with Crippen LogP contribution in [0.4, 0.5) is 16.2 Å². The van der Waals surface area contributed by atoms with E-state index in [2.05, 4.69) is 5.32 Å². The number of nitrogens with zero attached hydrogens (tertiary/aromatic N) is 2. The molecule has 0 spiro atoms. The predicted octanol–water partition coefficient (Wildman–Crippen LogP) is 4.13. The lowest BCUT2D eigenvalue weighted by atomic mass is 10.1. The second-order valence-corrected chi connectivity index (χ2v) is 5.33. The normalized spacial score (nSPS) is 11.6. The minimum absolute atomic E-state index is 0.0124. The SMILES string of the molecule is Cc1c(NC(=O)N(C)[C@H](C)c2ccccc2)cccc1[N+](=O)[O-]. The van der Waals surface area contributed by atoms with Gasteiger partial charge in [-0.3, -0.25) is 10.1 Å². The lowest BCUT2D eigenvalue weighted by Gasteiger charge is -2.26. The summed E-state index contributed by atoms with van der Waals surface area (Å²) < 4.78 is 0. The van der Waals surface area contributed by atoms with Crippen LogP contribution in [0.1, 0.15) is 24.1 Å². The van der Waals surface area contributed by atoms with Crippen LogP contribution in [0.5, 0.6) is 0 Å². The molecule has 0 aliphatic heterocycles. The van der Waals surface area contributed by atoms with Gasteiger partial charge < -0.3 is 10.2 Å². The molecule has 0 unspecified atom stereocenters. The van der Waals surface area contributed by atoms with Gasteiger partial charge in [0, 0.05) is 13.1 Å². The van der Waals surface area contributed by atoms with Gasteiger partial charge in [-0.15, -0.1) is 0 Å². The van der Waals surface area contributed by atoms with Crippen LogP contribution in [0.3, 0.4) is 0 Å². The van der Waals surface area contributed by atoms with E-state index in [0.717, 1.165) is 5.56 Å². The van der Waals surface area contributed by atoms with Crippen LogP contribution < -0.4 is 5.32 Å². The third-order valence-electron chi connectivity index (χ3n) is 3.93. The molecule has 1 N–H and O–H groups in total. The molecule has 0 aliphatic carbocycles. The summed E-state index contributed by atoms with van der Waals surface area (Å²) in [5.74, 6) is 0. The molecule has 6 heteroatoms. The van der Waals surface area contributed by atoms with Crippen LogP contribution in [0.2, 0.25) is 0 Å². The maximum atomic E-state index is 12.4. The molecule has 2 aromatic carbocycles. The lowest BCUT2D eigenvalue weighted by molar-refractivity contribution is -0.385. The van der Waals surface area contributed by atoms with Crippen LogP contribution >= 0.6 is 0 Å². The van der Waals surface area contributed by atoms with Gasteiger partial charge in [0.05, 0.1) is 22.2 Å². The lowest BCUT2D eigenvalue weighted by Crippen LogP contribution is -2.33. The monoisotopic (exact) mass is 313 g/mol. The quantitative estimate of drug-likeness (QED) is 0.681. The van der Waals surface area contributed by atoms with E-state index < -0.39 is 4.92 Å². The molecule has 2 aromatic rings. The van der Waals surface area contributed by atoms with Crippen LogP contribution in [-0.4, -0.2) is 22.9 Å². The molecule has 0 aromatic heterocycles. The van der Waals surface area contributed by atoms with E-state index in [1.807, 2.05) is 37.3 Å². The van der Waals surface area contributed by atoms with Crippen LogP contribution in [0.15, 0.2) is 48.5 Å². The fourth-order valence-corrected chi connectivity index (χ4v) is 2.29. The summed E-state index contributed by atoms with van der Waals surface area (Å²) in [4.78, 5) is 24.5. The summed E-state index contributed by atoms with van der Waals surface area (Å²) in [5.41, 5.74) is 1.88. The van der Waals surface area contributed by atoms with Gasteiger partial charge in [-0.2, -0.15) is 0 Å². The fraction of sp³-hybridized carbons (Fsp3) is 0.235. The van der Waals surface area contributed by atoms with E-state index >= 15 is 0 Å². The van der Waals surface area contributed by atoms with Gasteiger partial charge >= 0.3 is 6.03 Å². The minimum atomic E-state index is -0.457. The number of benzene rings is 2. The second-order valence-electron chi connectivity index (χ2n) is 5.33. The molecule has 2 rings (SSSR count). The Morgan fingerprint density at radius 3 is 2.43 bits per heavy atom. The van der Waals surface area contributed by atoms with E-state index in [0.29, 0.717) is 11.3 Å². The highest BCUT2D eigenvalue weighted by molar-refractivity contribution is 5.90. The zero-order valence-corrected chi connectivity index (χ0v) is 13.3. The third-order valence-corrected chi connectivity index (χ3v) is 3.93. The van der Waals surface area contributed by atoms with Gasteiger partial charge in [0.1, 0.15) is 0 Å². The number of carbonyl (C=O) groups is 1. The van der Waals surface area contributed by atoms with E-state index in [1.165, 1.54) is 6.07 Å². The summed E-state index contributed by atoms with van der Waals surface area (Å²) in [5, 5.41) is 13.7. The zero-order chi connectivity index (χ0) is 17.0. The largest absolute Gasteiger partial charge is 0.322 e. The smallest absolute Gasteiger partial charge is 0.321 e. The molecule has 0 radical (unpaired) electrons. The molecule has 0 fully saturated rings. The molecule has 23 heavy (non-hydrogen) atoms. The summed E-state index contributed by atoms with van der Waals surface area (Å²) in [6, 6.07) is 13.9. The molecule has 0 saturated carbocycles. The highest BCUT2D eigenvalue weighted by atomic mass is 16.6. The average molecular weight is 313 g/mol. The van der Waals surface area contributed by atoms with Crippen molar-refractivity contribution in [1.82, 2.24) is 4.90 Å². The van der Waals surface area contributed by atoms with Gasteiger partial charge in [-0.1, -0.05) is 36.4 Å². The summed E-state index contributed by atoms with van der Waals surface area (Å²) in [6.45, 7) is 3.55. The number of nitro benzene ring substituents is 1. The van der Waals surface area contributed by atoms with Crippen molar-refractivity contribution >= 4 is 17.4 Å². The van der Waals surface area contributed by atoms with Gasteiger partial charge in [-0.25, -0.2) is 4.79 Å². The fourth-order valence-electron chi connectivity index (χ4n) is 2.29. The number of amides is 2. The first-order valence-corrected chi connectivity index (χ1v) is 7.24. The molecule has 120 valence electrons. The summed E-state index contributed by atoms with van der Waals surface area (Å²) >= 11 is 0. The maximum Gasteiger partial charge on any atom is 0.322 e. The Hall–Kier alpha value is -2.89. The molecule has 6 nitrogen and oxygen atoms in total. The number of rotatable bonds is 4. The van der Waals surface area contributed by atoms with E-state index in [-0.39, 0.29) is 17.8 Å². The third kappa shape index (κ3) is 3.66. The van der Waals surface area contributed by atoms with Crippen molar-refractivity contribution in [3.8, 4) is 0 Å². The Morgan fingerprint density at radius 2 is 1.83 bits per heavy atom. The number of hydrogen-bond donors (Lipinski definition) is 1. The molecule has 2 amide bonds. The van der Waals surface area contributed by atoms with Gasteiger partial charge in [-0.05, 0) is 25.5 Å². The first kappa shape index (κ1) is 16.5. The number of urea groups is 1. The Labute approximate surface area is 134 Å². The zero-order valence-electron chi connectivity index (χ0n) is 13.3. The molecule has 0 saturated heterocycles. The number of hydrogen-bond acceptors (Lipinski definition) is 3. The average Bonchev–Trinajstić information content (AvgIpc) is 2.55. The second kappa shape index (κ2) is 6.91. The van der Waals surface area contributed by atoms with Gasteiger partial charge in [0.2, 0.25) is 0 Å². The highest BCUT2D eigenvalue weighted by Gasteiger charge is 2.20. The van der Waals surface area contributed by atoms with Crippen molar-refractivity contribution in [1.29, 1.82) is 0 Å². The van der Waals surface area contributed by atoms with Crippen LogP contribution in [-0.2, 0) is 0 Å². The number of nitrogens with one attached hydrogen (secondary N) is 1. The molecule has 0 aliphatic rings. The van der Waals surface area contributed by atoms with Crippen molar-refractivity contribution in [2.45, 2.75) is 19.9 Å². The van der Waals surface area contributed by atoms with E-state index in [9.17, 15) is 14.9 Å². The standard InChI is InChI=1S/C17H19N3O3/c1-12-15(10-7-11-16(12)20(22)23)18-17(21)19(3)13(2)14-8-5-4-6-9-14/h4-11,13H,1-3H3,(H,18,21)/t13-/m1/s1. The maximum absolute atomic E-state index is 12.4. The topological polar surface area (TPSA) is 75.5 Å². The number of nitro groups is 1. The van der Waals surface area contributed by atoms with Crippen molar-refractivity contribution in [2.75, 3.05) is 12.4 Å². The predicted molar refractivity (Wildman–Crippen MR) is 89.5 cm³/mol. The molecule has 0 heterocycles. The highest BCUT2D eigenvalue weighted by Crippen LogP contribution is 2.26. The molecular formula is C17H19N3O3. The first-order valence-electron chi connectivity index (χ1n) is 7.24. The summed E-state index contributed by atoms with van der Waals surface area (Å²) in [7, 11) is 1.69. The van der Waals surface area contributed by atoms with Crippen molar-refractivity contribution in [2.24, 2.45) is 0 Å². The molecule has 0 bridgehead atoms. The van der Waals surface area contributed by atoms with E-state index in [1.54, 1.807) is 31.0 Å². The Bertz CT molecular complexity index is 716. The summed E-state index contributed by atoms with van der Waals surface area (Å²) in [6.07, 6.45) is 0. The van der Waals surface area contributed by atoms with Gasteiger partial charge in [0.15, 0.2) is 0 Å². The van der Waals surface area contributed by atoms with Crippen LogP contribution in [0, 0.1) is 17.0 Å². The Morgan fingerprint density at radius 1 is 1.17 bits per heavy atom.